The number of halogens is 1. The lowest BCUT2D eigenvalue weighted by atomic mass is 10.1. The molecule has 0 atom stereocenters. The Morgan fingerprint density at radius 1 is 1.17 bits per heavy atom. The van der Waals surface area contributed by atoms with Crippen LogP contribution in [0.5, 0.6) is 0 Å². The van der Waals surface area contributed by atoms with Gasteiger partial charge in [0.15, 0.2) is 0 Å². The average Bonchev–Trinajstić information content (AvgIpc) is 2.41. The van der Waals surface area contributed by atoms with Crippen LogP contribution in [0.2, 0.25) is 0 Å². The van der Waals surface area contributed by atoms with Crippen molar-refractivity contribution in [1.82, 2.24) is 0 Å². The predicted octanol–water partition coefficient (Wildman–Crippen LogP) is 3.66. The Balaban J connectivity index is 2.31. The van der Waals surface area contributed by atoms with Crippen molar-refractivity contribution < 1.29 is 9.18 Å². The summed E-state index contributed by atoms with van der Waals surface area (Å²) in [7, 11) is 0. The molecule has 2 nitrogen and oxygen atoms in total. The van der Waals surface area contributed by atoms with Crippen molar-refractivity contribution in [2.75, 3.05) is 0 Å². The maximum atomic E-state index is 12.8. The van der Waals surface area contributed by atoms with Crippen molar-refractivity contribution in [2.45, 2.75) is 9.79 Å². The number of carbonyl (C=O) groups is 1. The fraction of sp³-hybridized carbons (Fsp3) is 0. The van der Waals surface area contributed by atoms with Gasteiger partial charge in [-0.25, -0.2) is 4.39 Å². The molecule has 0 aliphatic rings. The minimum absolute atomic E-state index is 0.295. The van der Waals surface area contributed by atoms with Crippen LogP contribution >= 0.6 is 11.8 Å². The lowest BCUT2D eigenvalue weighted by molar-refractivity contribution is 0.112. The molecule has 0 unspecified atom stereocenters. The van der Waals surface area contributed by atoms with Gasteiger partial charge in [-0.05, 0) is 36.4 Å². The molecule has 0 radical (unpaired) electrons. The second-order valence-electron chi connectivity index (χ2n) is 3.54. The van der Waals surface area contributed by atoms with Gasteiger partial charge < -0.3 is 0 Å². The molecule has 18 heavy (non-hydrogen) atoms. The molecule has 88 valence electrons. The normalized spacial score (nSPS) is 9.78. The highest BCUT2D eigenvalue weighted by Crippen LogP contribution is 2.30. The third-order valence-corrected chi connectivity index (χ3v) is 3.39. The van der Waals surface area contributed by atoms with Gasteiger partial charge >= 0.3 is 0 Å². The minimum atomic E-state index is -0.295. The number of nitrogens with zero attached hydrogens (tertiary/aromatic N) is 1. The zero-order chi connectivity index (χ0) is 13.0. The molecule has 2 aromatic rings. The Hall–Kier alpha value is -2.12. The van der Waals surface area contributed by atoms with Crippen molar-refractivity contribution in [3.8, 4) is 6.07 Å². The summed E-state index contributed by atoms with van der Waals surface area (Å²) in [6.45, 7) is 0. The number of hydrogen-bond acceptors (Lipinski definition) is 3. The topological polar surface area (TPSA) is 40.9 Å². The van der Waals surface area contributed by atoms with Gasteiger partial charge in [-0.3, -0.25) is 4.79 Å². The van der Waals surface area contributed by atoms with Gasteiger partial charge in [0.2, 0.25) is 0 Å². The largest absolute Gasteiger partial charge is 0.298 e. The van der Waals surface area contributed by atoms with E-state index in [1.54, 1.807) is 30.3 Å². The third kappa shape index (κ3) is 2.76. The van der Waals surface area contributed by atoms with Crippen molar-refractivity contribution >= 4 is 18.0 Å². The lowest BCUT2D eigenvalue weighted by Gasteiger charge is -2.04. The van der Waals surface area contributed by atoms with Crippen LogP contribution < -0.4 is 0 Å². The highest BCUT2D eigenvalue weighted by atomic mass is 32.2. The Labute approximate surface area is 108 Å². The van der Waals surface area contributed by atoms with E-state index in [1.807, 2.05) is 6.07 Å². The SMILES string of the molecule is N#Cc1cc(C=O)ccc1Sc1ccc(F)cc1. The monoisotopic (exact) mass is 257 g/mol. The number of benzene rings is 2. The fourth-order valence-electron chi connectivity index (χ4n) is 1.43. The summed E-state index contributed by atoms with van der Waals surface area (Å²) in [6, 6.07) is 13.0. The summed E-state index contributed by atoms with van der Waals surface area (Å²) in [5, 5.41) is 9.02. The molecule has 4 heteroatoms. The molecule has 0 aliphatic heterocycles. The Morgan fingerprint density at radius 3 is 2.50 bits per heavy atom. The van der Waals surface area contributed by atoms with Crippen LogP contribution in [0.4, 0.5) is 4.39 Å². The zero-order valence-electron chi connectivity index (χ0n) is 9.26. The van der Waals surface area contributed by atoms with E-state index in [1.165, 1.54) is 23.9 Å². The molecule has 0 aromatic heterocycles. The molecule has 0 bridgehead atoms. The first-order chi connectivity index (χ1) is 8.72. The average molecular weight is 257 g/mol. The predicted molar refractivity (Wildman–Crippen MR) is 67.1 cm³/mol. The van der Waals surface area contributed by atoms with Gasteiger partial charge in [0.25, 0.3) is 0 Å². The summed E-state index contributed by atoms with van der Waals surface area (Å²) in [6.07, 6.45) is 0.702. The van der Waals surface area contributed by atoms with Crippen LogP contribution in [-0.2, 0) is 0 Å². The quantitative estimate of drug-likeness (QED) is 0.788. The molecule has 0 saturated heterocycles. The highest BCUT2D eigenvalue weighted by Gasteiger charge is 2.05. The van der Waals surface area contributed by atoms with E-state index in [4.69, 9.17) is 5.26 Å². The molecule has 0 amide bonds. The Morgan fingerprint density at radius 2 is 1.89 bits per heavy atom. The van der Waals surface area contributed by atoms with Gasteiger partial charge in [0.1, 0.15) is 18.2 Å². The maximum absolute atomic E-state index is 12.8. The van der Waals surface area contributed by atoms with Crippen molar-refractivity contribution in [3.63, 3.8) is 0 Å². The lowest BCUT2D eigenvalue weighted by Crippen LogP contribution is -1.86. The Bertz CT molecular complexity index is 617. The molecule has 0 N–H and O–H groups in total. The second kappa shape index (κ2) is 5.48. The molecule has 0 fully saturated rings. The third-order valence-electron chi connectivity index (χ3n) is 2.30. The van der Waals surface area contributed by atoms with Crippen molar-refractivity contribution in [1.29, 1.82) is 5.26 Å². The van der Waals surface area contributed by atoms with Crippen LogP contribution in [0.1, 0.15) is 15.9 Å². The van der Waals surface area contributed by atoms with E-state index in [2.05, 4.69) is 0 Å². The van der Waals surface area contributed by atoms with Gasteiger partial charge in [-0.1, -0.05) is 17.8 Å². The summed E-state index contributed by atoms with van der Waals surface area (Å²) in [5.41, 5.74) is 0.906. The van der Waals surface area contributed by atoms with E-state index >= 15 is 0 Å². The molecule has 2 rings (SSSR count). The Kier molecular flexibility index (Phi) is 3.75. The molecular weight excluding hydrogens is 249 g/mol. The first-order valence-electron chi connectivity index (χ1n) is 5.15. The summed E-state index contributed by atoms with van der Waals surface area (Å²) >= 11 is 1.36. The highest BCUT2D eigenvalue weighted by molar-refractivity contribution is 7.99. The van der Waals surface area contributed by atoms with Gasteiger partial charge in [0, 0.05) is 15.4 Å². The first-order valence-corrected chi connectivity index (χ1v) is 5.97. The van der Waals surface area contributed by atoms with E-state index in [0.29, 0.717) is 17.4 Å². The summed E-state index contributed by atoms with van der Waals surface area (Å²) in [5.74, 6) is -0.295. The van der Waals surface area contributed by atoms with Crippen LogP contribution in [0, 0.1) is 17.1 Å². The summed E-state index contributed by atoms with van der Waals surface area (Å²) < 4.78 is 12.8. The molecule has 0 aliphatic carbocycles. The molecule has 0 spiro atoms. The molecule has 0 heterocycles. The minimum Gasteiger partial charge on any atom is -0.298 e. The number of carbonyl (C=O) groups excluding carboxylic acids is 1. The van der Waals surface area contributed by atoms with E-state index in [9.17, 15) is 9.18 Å². The van der Waals surface area contributed by atoms with E-state index in [-0.39, 0.29) is 5.82 Å². The molecular formula is C14H8FNOS. The van der Waals surface area contributed by atoms with E-state index in [0.717, 1.165) is 9.79 Å². The fourth-order valence-corrected chi connectivity index (χ4v) is 2.30. The van der Waals surface area contributed by atoms with Crippen LogP contribution in [-0.4, -0.2) is 6.29 Å². The number of hydrogen-bond donors (Lipinski definition) is 0. The van der Waals surface area contributed by atoms with Crippen LogP contribution in [0.25, 0.3) is 0 Å². The van der Waals surface area contributed by atoms with Gasteiger partial charge in [-0.2, -0.15) is 5.26 Å². The van der Waals surface area contributed by atoms with Gasteiger partial charge in [0.05, 0.1) is 5.56 Å². The van der Waals surface area contributed by atoms with Gasteiger partial charge in [-0.15, -0.1) is 0 Å². The smallest absolute Gasteiger partial charge is 0.150 e. The number of rotatable bonds is 3. The standard InChI is InChI=1S/C14H8FNOS/c15-12-2-4-13(5-3-12)18-14-6-1-10(9-17)7-11(14)8-16/h1-7,9H. The van der Waals surface area contributed by atoms with E-state index < -0.39 is 0 Å². The van der Waals surface area contributed by atoms with Crippen LogP contribution in [0.15, 0.2) is 52.3 Å². The summed E-state index contributed by atoms with van der Waals surface area (Å²) in [4.78, 5) is 12.2. The van der Waals surface area contributed by atoms with Crippen molar-refractivity contribution in [3.05, 3.63) is 59.4 Å². The zero-order valence-corrected chi connectivity index (χ0v) is 10.1. The maximum Gasteiger partial charge on any atom is 0.150 e. The van der Waals surface area contributed by atoms with Crippen LogP contribution in [0.3, 0.4) is 0 Å². The first kappa shape index (κ1) is 12.3. The molecule has 0 saturated carbocycles. The molecule has 2 aromatic carbocycles. The number of nitriles is 1. The van der Waals surface area contributed by atoms with Crippen molar-refractivity contribution in [2.24, 2.45) is 0 Å². The number of aldehydes is 1. The second-order valence-corrected chi connectivity index (χ2v) is 4.66.